The number of carbonyl (C=O) groups excluding carboxylic acids is 1. The number of aromatic carboxylic acids is 1. The minimum atomic E-state index is -1.21. The third kappa shape index (κ3) is 2.51. The average Bonchev–Trinajstić information content (AvgIpc) is 2.86. The first-order valence-electron chi connectivity index (χ1n) is 4.63. The SMILES string of the molecule is Cc1csc(NC(=O)c2ccc(C(=O)O)o2)n1. The van der Waals surface area contributed by atoms with Crippen LogP contribution in [0.4, 0.5) is 5.13 Å². The molecule has 0 unspecified atom stereocenters. The third-order valence-electron chi connectivity index (χ3n) is 1.88. The first-order chi connectivity index (χ1) is 8.06. The van der Waals surface area contributed by atoms with Gasteiger partial charge in [-0.05, 0) is 19.1 Å². The van der Waals surface area contributed by atoms with Crippen LogP contribution in [0, 0.1) is 6.92 Å². The number of aromatic nitrogens is 1. The van der Waals surface area contributed by atoms with E-state index >= 15 is 0 Å². The molecule has 2 heterocycles. The number of furan rings is 1. The van der Waals surface area contributed by atoms with Gasteiger partial charge >= 0.3 is 5.97 Å². The van der Waals surface area contributed by atoms with Crippen molar-refractivity contribution < 1.29 is 19.1 Å². The molecule has 2 N–H and O–H groups in total. The Morgan fingerprint density at radius 1 is 1.41 bits per heavy atom. The number of amides is 1. The molecule has 2 aromatic rings. The number of anilines is 1. The van der Waals surface area contributed by atoms with Crippen molar-refractivity contribution in [2.24, 2.45) is 0 Å². The van der Waals surface area contributed by atoms with E-state index in [9.17, 15) is 9.59 Å². The number of thiazole rings is 1. The molecular weight excluding hydrogens is 244 g/mol. The monoisotopic (exact) mass is 252 g/mol. The fourth-order valence-electron chi connectivity index (χ4n) is 1.14. The van der Waals surface area contributed by atoms with Crippen LogP contribution >= 0.6 is 11.3 Å². The molecular formula is C10H8N2O4S. The summed E-state index contributed by atoms with van der Waals surface area (Å²) < 4.78 is 4.85. The second-order valence-electron chi connectivity index (χ2n) is 3.22. The van der Waals surface area contributed by atoms with Crippen molar-refractivity contribution >= 4 is 28.3 Å². The summed E-state index contributed by atoms with van der Waals surface area (Å²) in [5.74, 6) is -2.07. The van der Waals surface area contributed by atoms with Gasteiger partial charge in [0.15, 0.2) is 10.9 Å². The maximum atomic E-state index is 11.6. The van der Waals surface area contributed by atoms with Gasteiger partial charge in [0, 0.05) is 5.38 Å². The van der Waals surface area contributed by atoms with Crippen LogP contribution in [0.2, 0.25) is 0 Å². The quantitative estimate of drug-likeness (QED) is 0.871. The van der Waals surface area contributed by atoms with Crippen LogP contribution < -0.4 is 5.32 Å². The predicted octanol–water partition coefficient (Wildman–Crippen LogP) is 2.00. The van der Waals surface area contributed by atoms with Gasteiger partial charge in [-0.25, -0.2) is 9.78 Å². The summed E-state index contributed by atoms with van der Waals surface area (Å²) in [7, 11) is 0. The molecule has 0 aliphatic heterocycles. The van der Waals surface area contributed by atoms with Gasteiger partial charge in [-0.1, -0.05) is 0 Å². The topological polar surface area (TPSA) is 92.4 Å². The van der Waals surface area contributed by atoms with Crippen LogP contribution in [-0.2, 0) is 0 Å². The Morgan fingerprint density at radius 3 is 2.65 bits per heavy atom. The molecule has 0 atom stereocenters. The number of nitrogens with one attached hydrogen (secondary N) is 1. The minimum absolute atomic E-state index is 0.0600. The molecule has 0 saturated heterocycles. The Hall–Kier alpha value is -2.15. The molecule has 0 saturated carbocycles. The van der Waals surface area contributed by atoms with E-state index in [1.807, 2.05) is 6.92 Å². The average molecular weight is 252 g/mol. The lowest BCUT2D eigenvalue weighted by Gasteiger charge is -1.97. The van der Waals surface area contributed by atoms with Crippen LogP contribution in [0.15, 0.2) is 21.9 Å². The lowest BCUT2D eigenvalue weighted by atomic mass is 10.4. The number of rotatable bonds is 3. The molecule has 17 heavy (non-hydrogen) atoms. The molecule has 2 aromatic heterocycles. The highest BCUT2D eigenvalue weighted by Crippen LogP contribution is 2.16. The molecule has 0 spiro atoms. The highest BCUT2D eigenvalue weighted by atomic mass is 32.1. The molecule has 0 aliphatic carbocycles. The Morgan fingerprint density at radius 2 is 2.12 bits per heavy atom. The minimum Gasteiger partial charge on any atom is -0.475 e. The summed E-state index contributed by atoms with van der Waals surface area (Å²) in [6, 6.07) is 2.53. The fraction of sp³-hybridized carbons (Fsp3) is 0.100. The molecule has 0 aromatic carbocycles. The van der Waals surface area contributed by atoms with E-state index in [1.54, 1.807) is 5.38 Å². The van der Waals surface area contributed by atoms with Crippen LogP contribution in [-0.4, -0.2) is 22.0 Å². The number of carbonyl (C=O) groups is 2. The Balaban J connectivity index is 2.11. The maximum absolute atomic E-state index is 11.6. The largest absolute Gasteiger partial charge is 0.475 e. The van der Waals surface area contributed by atoms with E-state index in [0.29, 0.717) is 5.13 Å². The van der Waals surface area contributed by atoms with Crippen molar-refractivity contribution in [2.45, 2.75) is 6.92 Å². The zero-order chi connectivity index (χ0) is 12.4. The van der Waals surface area contributed by atoms with Gasteiger partial charge in [0.1, 0.15) is 0 Å². The number of hydrogen-bond donors (Lipinski definition) is 2. The molecule has 6 nitrogen and oxygen atoms in total. The summed E-state index contributed by atoms with van der Waals surface area (Å²) in [4.78, 5) is 26.2. The smallest absolute Gasteiger partial charge is 0.371 e. The van der Waals surface area contributed by atoms with Crippen LogP contribution in [0.5, 0.6) is 0 Å². The zero-order valence-corrected chi connectivity index (χ0v) is 9.58. The van der Waals surface area contributed by atoms with Gasteiger partial charge in [-0.3, -0.25) is 10.1 Å². The molecule has 1 amide bonds. The Kier molecular flexibility index (Phi) is 2.92. The number of carboxylic acid groups (broad SMARTS) is 1. The lowest BCUT2D eigenvalue weighted by molar-refractivity contribution is 0.0660. The Bertz CT molecular complexity index is 572. The first kappa shape index (κ1) is 11.3. The number of carboxylic acids is 1. The van der Waals surface area contributed by atoms with E-state index in [0.717, 1.165) is 5.69 Å². The number of nitrogens with zero attached hydrogens (tertiary/aromatic N) is 1. The van der Waals surface area contributed by atoms with Gasteiger partial charge in [-0.15, -0.1) is 11.3 Å². The van der Waals surface area contributed by atoms with E-state index in [4.69, 9.17) is 9.52 Å². The van der Waals surface area contributed by atoms with Crippen molar-refractivity contribution in [3.8, 4) is 0 Å². The Labute approximate surface area is 99.9 Å². The van der Waals surface area contributed by atoms with Gasteiger partial charge in [0.25, 0.3) is 5.91 Å². The summed E-state index contributed by atoms with van der Waals surface area (Å²) in [5.41, 5.74) is 0.802. The van der Waals surface area contributed by atoms with Crippen molar-refractivity contribution in [2.75, 3.05) is 5.32 Å². The maximum Gasteiger partial charge on any atom is 0.371 e. The summed E-state index contributed by atoms with van der Waals surface area (Å²) >= 11 is 1.28. The highest BCUT2D eigenvalue weighted by Gasteiger charge is 2.15. The van der Waals surface area contributed by atoms with Crippen molar-refractivity contribution in [3.63, 3.8) is 0 Å². The third-order valence-corrected chi connectivity index (χ3v) is 2.76. The molecule has 88 valence electrons. The second-order valence-corrected chi connectivity index (χ2v) is 4.08. The predicted molar refractivity (Wildman–Crippen MR) is 60.5 cm³/mol. The van der Waals surface area contributed by atoms with Crippen LogP contribution in [0.3, 0.4) is 0 Å². The van der Waals surface area contributed by atoms with Gasteiger partial charge < -0.3 is 9.52 Å². The van der Waals surface area contributed by atoms with Crippen molar-refractivity contribution in [3.05, 3.63) is 34.7 Å². The van der Waals surface area contributed by atoms with Crippen LogP contribution in [0.25, 0.3) is 0 Å². The van der Waals surface area contributed by atoms with E-state index < -0.39 is 11.9 Å². The molecule has 0 aliphatic rings. The second kappa shape index (κ2) is 4.38. The summed E-state index contributed by atoms with van der Waals surface area (Å²) in [6.45, 7) is 1.81. The molecule has 0 bridgehead atoms. The first-order valence-corrected chi connectivity index (χ1v) is 5.51. The normalized spacial score (nSPS) is 10.2. The molecule has 0 radical (unpaired) electrons. The van der Waals surface area contributed by atoms with E-state index in [1.165, 1.54) is 23.5 Å². The fourth-order valence-corrected chi connectivity index (χ4v) is 1.83. The van der Waals surface area contributed by atoms with E-state index in [2.05, 4.69) is 10.3 Å². The summed E-state index contributed by atoms with van der Waals surface area (Å²) in [5, 5.41) is 13.4. The van der Waals surface area contributed by atoms with Crippen molar-refractivity contribution in [1.29, 1.82) is 0 Å². The lowest BCUT2D eigenvalue weighted by Crippen LogP contribution is -2.10. The van der Waals surface area contributed by atoms with Gasteiger partial charge in [0.05, 0.1) is 5.69 Å². The highest BCUT2D eigenvalue weighted by molar-refractivity contribution is 7.13. The van der Waals surface area contributed by atoms with Gasteiger partial charge in [-0.2, -0.15) is 0 Å². The van der Waals surface area contributed by atoms with Gasteiger partial charge in [0.2, 0.25) is 5.76 Å². The number of hydrogen-bond acceptors (Lipinski definition) is 5. The van der Waals surface area contributed by atoms with Crippen LogP contribution in [0.1, 0.15) is 26.8 Å². The summed E-state index contributed by atoms with van der Waals surface area (Å²) in [6.07, 6.45) is 0. The number of aryl methyl sites for hydroxylation is 1. The molecule has 2 rings (SSSR count). The van der Waals surface area contributed by atoms with Crippen molar-refractivity contribution in [1.82, 2.24) is 4.98 Å². The molecule has 0 fully saturated rings. The van der Waals surface area contributed by atoms with E-state index in [-0.39, 0.29) is 11.5 Å². The zero-order valence-electron chi connectivity index (χ0n) is 8.76. The molecule has 7 heteroatoms. The standard InChI is InChI=1S/C10H8N2O4S/c1-5-4-17-10(11-5)12-8(13)6-2-3-7(16-6)9(14)15/h2-4H,1H3,(H,14,15)(H,11,12,13).